The van der Waals surface area contributed by atoms with Crippen LogP contribution >= 0.6 is 11.3 Å². The van der Waals surface area contributed by atoms with E-state index in [4.69, 9.17) is 4.74 Å². The number of piperidine rings is 1. The molecule has 2 amide bonds. The van der Waals surface area contributed by atoms with Crippen molar-refractivity contribution in [3.63, 3.8) is 0 Å². The van der Waals surface area contributed by atoms with Crippen LogP contribution < -0.4 is 5.32 Å². The number of amides is 2. The maximum absolute atomic E-state index is 12.5. The first-order chi connectivity index (χ1) is 10.8. The Morgan fingerprint density at radius 3 is 2.78 bits per heavy atom. The van der Waals surface area contributed by atoms with Crippen LogP contribution in [0, 0.1) is 6.92 Å². The second-order valence-electron chi connectivity index (χ2n) is 6.79. The van der Waals surface area contributed by atoms with Gasteiger partial charge in [0.2, 0.25) is 5.91 Å². The van der Waals surface area contributed by atoms with E-state index in [1.807, 2.05) is 33.1 Å². The molecule has 1 aromatic rings. The van der Waals surface area contributed by atoms with Crippen molar-refractivity contribution in [2.24, 2.45) is 0 Å². The number of hydrogen-bond donors (Lipinski definition) is 1. The topological polar surface area (TPSA) is 71.5 Å². The molecule has 0 radical (unpaired) electrons. The van der Waals surface area contributed by atoms with E-state index in [1.54, 1.807) is 4.90 Å². The number of aryl methyl sites for hydroxylation is 1. The van der Waals surface area contributed by atoms with Gasteiger partial charge in [-0.3, -0.25) is 9.69 Å². The molecule has 1 aliphatic heterocycles. The highest BCUT2D eigenvalue weighted by molar-refractivity contribution is 7.09. The number of nitrogens with zero attached hydrogens (tertiary/aromatic N) is 2. The SMILES string of the molecule is Cc1csc(CNC(=O)C2CCCCN2C(=O)OC(C)(C)C)n1. The number of aromatic nitrogens is 1. The Kier molecular flexibility index (Phi) is 5.62. The van der Waals surface area contributed by atoms with Crippen LogP contribution in [0.15, 0.2) is 5.38 Å². The van der Waals surface area contributed by atoms with Crippen LogP contribution in [0.5, 0.6) is 0 Å². The molecule has 1 aliphatic rings. The minimum atomic E-state index is -0.562. The predicted octanol–water partition coefficient (Wildman–Crippen LogP) is 2.86. The molecule has 0 spiro atoms. The van der Waals surface area contributed by atoms with Gasteiger partial charge < -0.3 is 10.1 Å². The zero-order chi connectivity index (χ0) is 17.0. The van der Waals surface area contributed by atoms with Gasteiger partial charge in [-0.2, -0.15) is 0 Å². The molecule has 0 bridgehead atoms. The van der Waals surface area contributed by atoms with Crippen molar-refractivity contribution in [3.8, 4) is 0 Å². The van der Waals surface area contributed by atoms with Crippen LogP contribution in [-0.2, 0) is 16.1 Å². The molecule has 2 rings (SSSR count). The van der Waals surface area contributed by atoms with E-state index in [2.05, 4.69) is 10.3 Å². The van der Waals surface area contributed by atoms with Crippen LogP contribution in [0.4, 0.5) is 4.79 Å². The third-order valence-electron chi connectivity index (χ3n) is 3.51. The van der Waals surface area contributed by atoms with E-state index >= 15 is 0 Å². The van der Waals surface area contributed by atoms with Crippen LogP contribution in [0.3, 0.4) is 0 Å². The fourth-order valence-corrected chi connectivity index (χ4v) is 3.22. The van der Waals surface area contributed by atoms with Gasteiger partial charge >= 0.3 is 6.09 Å². The van der Waals surface area contributed by atoms with Crippen molar-refractivity contribution >= 4 is 23.3 Å². The first kappa shape index (κ1) is 17.7. The maximum Gasteiger partial charge on any atom is 0.410 e. The van der Waals surface area contributed by atoms with Crippen LogP contribution in [-0.4, -0.2) is 40.1 Å². The highest BCUT2D eigenvalue weighted by atomic mass is 32.1. The number of nitrogens with one attached hydrogen (secondary N) is 1. The van der Waals surface area contributed by atoms with Crippen LogP contribution in [0.1, 0.15) is 50.7 Å². The van der Waals surface area contributed by atoms with Crippen molar-refractivity contribution in [2.45, 2.75) is 65.1 Å². The summed E-state index contributed by atoms with van der Waals surface area (Å²) in [5.41, 5.74) is 0.390. The summed E-state index contributed by atoms with van der Waals surface area (Å²) in [5.74, 6) is -0.136. The third-order valence-corrected chi connectivity index (χ3v) is 4.48. The minimum absolute atomic E-state index is 0.136. The van der Waals surface area contributed by atoms with E-state index in [0.29, 0.717) is 19.5 Å². The summed E-state index contributed by atoms with van der Waals surface area (Å²) in [5, 5.41) is 5.71. The van der Waals surface area contributed by atoms with Crippen molar-refractivity contribution in [1.82, 2.24) is 15.2 Å². The van der Waals surface area contributed by atoms with Gasteiger partial charge in [0.15, 0.2) is 0 Å². The van der Waals surface area contributed by atoms with Crippen LogP contribution in [0.2, 0.25) is 0 Å². The summed E-state index contributed by atoms with van der Waals surface area (Å²) >= 11 is 1.52. The van der Waals surface area contributed by atoms with E-state index in [0.717, 1.165) is 23.5 Å². The molecule has 1 N–H and O–H groups in total. The van der Waals surface area contributed by atoms with Crippen molar-refractivity contribution in [2.75, 3.05) is 6.54 Å². The fraction of sp³-hybridized carbons (Fsp3) is 0.688. The smallest absolute Gasteiger partial charge is 0.410 e. The lowest BCUT2D eigenvalue weighted by Gasteiger charge is -2.35. The molecule has 0 aliphatic carbocycles. The number of likely N-dealkylation sites (tertiary alicyclic amines) is 1. The zero-order valence-corrected chi connectivity index (χ0v) is 15.0. The Labute approximate surface area is 141 Å². The average molecular weight is 339 g/mol. The largest absolute Gasteiger partial charge is 0.444 e. The molecule has 2 heterocycles. The molecule has 1 unspecified atom stereocenters. The lowest BCUT2D eigenvalue weighted by atomic mass is 10.0. The van der Waals surface area contributed by atoms with Gasteiger partial charge in [-0.05, 0) is 47.0 Å². The summed E-state index contributed by atoms with van der Waals surface area (Å²) in [7, 11) is 0. The lowest BCUT2D eigenvalue weighted by molar-refractivity contribution is -0.127. The normalized spacial score (nSPS) is 18.6. The van der Waals surface area contributed by atoms with Crippen molar-refractivity contribution in [1.29, 1.82) is 0 Å². The van der Waals surface area contributed by atoms with Gasteiger partial charge in [-0.1, -0.05) is 0 Å². The summed E-state index contributed by atoms with van der Waals surface area (Å²) < 4.78 is 5.42. The van der Waals surface area contributed by atoms with Gasteiger partial charge in [-0.25, -0.2) is 9.78 Å². The zero-order valence-electron chi connectivity index (χ0n) is 14.2. The highest BCUT2D eigenvalue weighted by Crippen LogP contribution is 2.21. The predicted molar refractivity (Wildman–Crippen MR) is 89.3 cm³/mol. The summed E-state index contributed by atoms with van der Waals surface area (Å²) in [6.45, 7) is 8.37. The van der Waals surface area contributed by atoms with Crippen molar-refractivity contribution in [3.05, 3.63) is 16.1 Å². The minimum Gasteiger partial charge on any atom is -0.444 e. The van der Waals surface area contributed by atoms with Crippen molar-refractivity contribution < 1.29 is 14.3 Å². The quantitative estimate of drug-likeness (QED) is 0.919. The molecular formula is C16H25N3O3S. The highest BCUT2D eigenvalue weighted by Gasteiger charge is 2.34. The Balaban J connectivity index is 1.96. The summed E-state index contributed by atoms with van der Waals surface area (Å²) in [4.78, 5) is 30.7. The molecule has 1 aromatic heterocycles. The molecule has 7 heteroatoms. The van der Waals surface area contributed by atoms with E-state index in [9.17, 15) is 9.59 Å². The van der Waals surface area contributed by atoms with Gasteiger partial charge in [-0.15, -0.1) is 11.3 Å². The molecule has 128 valence electrons. The molecular weight excluding hydrogens is 314 g/mol. The molecule has 6 nitrogen and oxygen atoms in total. The average Bonchev–Trinajstić information content (AvgIpc) is 2.88. The maximum atomic E-state index is 12.5. The number of thiazole rings is 1. The van der Waals surface area contributed by atoms with Gasteiger partial charge in [0.25, 0.3) is 0 Å². The Morgan fingerprint density at radius 2 is 2.17 bits per heavy atom. The molecule has 0 saturated carbocycles. The van der Waals surface area contributed by atoms with E-state index in [-0.39, 0.29) is 5.91 Å². The molecule has 1 atom stereocenters. The van der Waals surface area contributed by atoms with E-state index < -0.39 is 17.7 Å². The first-order valence-corrected chi connectivity index (χ1v) is 8.82. The second-order valence-corrected chi connectivity index (χ2v) is 7.73. The van der Waals surface area contributed by atoms with E-state index in [1.165, 1.54) is 11.3 Å². The Morgan fingerprint density at radius 1 is 1.43 bits per heavy atom. The first-order valence-electron chi connectivity index (χ1n) is 7.94. The monoisotopic (exact) mass is 339 g/mol. The fourth-order valence-electron chi connectivity index (χ4n) is 2.51. The summed E-state index contributed by atoms with van der Waals surface area (Å²) in [6.07, 6.45) is 2.09. The summed E-state index contributed by atoms with van der Waals surface area (Å²) in [6, 6.07) is -0.459. The molecule has 1 fully saturated rings. The Bertz CT molecular complexity index is 565. The van der Waals surface area contributed by atoms with Gasteiger partial charge in [0, 0.05) is 17.6 Å². The van der Waals surface area contributed by atoms with Gasteiger partial charge in [0.1, 0.15) is 16.7 Å². The lowest BCUT2D eigenvalue weighted by Crippen LogP contribution is -2.52. The van der Waals surface area contributed by atoms with Crippen LogP contribution in [0.25, 0.3) is 0 Å². The standard InChI is InChI=1S/C16H25N3O3S/c1-11-10-23-13(18-11)9-17-14(20)12-7-5-6-8-19(12)15(21)22-16(2,3)4/h10,12H,5-9H2,1-4H3,(H,17,20). The molecule has 1 saturated heterocycles. The number of carbonyl (C=O) groups excluding carboxylic acids is 2. The molecule has 0 aromatic carbocycles. The Hall–Kier alpha value is -1.63. The third kappa shape index (κ3) is 5.20. The number of rotatable bonds is 3. The molecule has 23 heavy (non-hydrogen) atoms. The number of hydrogen-bond acceptors (Lipinski definition) is 5. The number of ether oxygens (including phenoxy) is 1. The van der Waals surface area contributed by atoms with Gasteiger partial charge in [0.05, 0.1) is 6.54 Å². The number of carbonyl (C=O) groups is 2. The second kappa shape index (κ2) is 7.29.